The van der Waals surface area contributed by atoms with Crippen LogP contribution in [0.2, 0.25) is 5.02 Å². The Morgan fingerprint density at radius 2 is 1.61 bits per heavy atom. The third kappa shape index (κ3) is 4.63. The molecule has 0 amide bonds. The second kappa shape index (κ2) is 9.42. The smallest absolute Gasteiger partial charge is 0.132 e. The maximum Gasteiger partial charge on any atom is 0.132 e. The Labute approximate surface area is 186 Å². The number of hydrogen-bond donors (Lipinski definition) is 3. The summed E-state index contributed by atoms with van der Waals surface area (Å²) in [5, 5.41) is 31.4. The number of rotatable bonds is 5. The Morgan fingerprint density at radius 3 is 2.29 bits per heavy atom. The molecule has 31 heavy (non-hydrogen) atoms. The van der Waals surface area contributed by atoms with Gasteiger partial charge in [0.15, 0.2) is 0 Å². The zero-order valence-corrected chi connectivity index (χ0v) is 17.9. The molecule has 0 saturated carbocycles. The second-order valence-electron chi connectivity index (χ2n) is 7.76. The molecule has 162 valence electrons. The molecule has 4 rings (SSSR count). The summed E-state index contributed by atoms with van der Waals surface area (Å²) in [6.07, 6.45) is -0.474. The van der Waals surface area contributed by atoms with Crippen molar-refractivity contribution < 1.29 is 20.1 Å². The molecule has 0 bridgehead atoms. The van der Waals surface area contributed by atoms with E-state index in [0.717, 1.165) is 16.7 Å². The first-order valence-corrected chi connectivity index (χ1v) is 10.7. The molecule has 5 atom stereocenters. The topological polar surface area (TPSA) is 95.7 Å². The number of aliphatic hydroxyl groups is 3. The van der Waals surface area contributed by atoms with Crippen molar-refractivity contribution in [1.82, 2.24) is 9.97 Å². The summed E-state index contributed by atoms with van der Waals surface area (Å²) in [5.41, 5.74) is 3.44. The van der Waals surface area contributed by atoms with Gasteiger partial charge in [0.05, 0.1) is 6.10 Å². The summed E-state index contributed by atoms with van der Waals surface area (Å²) in [6.45, 7) is 1.86. The van der Waals surface area contributed by atoms with Gasteiger partial charge in [0, 0.05) is 29.4 Å². The molecule has 3 N–H and O–H groups in total. The van der Waals surface area contributed by atoms with Crippen molar-refractivity contribution >= 4 is 11.6 Å². The summed E-state index contributed by atoms with van der Waals surface area (Å²) in [6, 6.07) is 15.2. The molecule has 1 saturated heterocycles. The van der Waals surface area contributed by atoms with E-state index in [4.69, 9.17) is 16.3 Å². The first-order chi connectivity index (χ1) is 15.0. The first-order valence-electron chi connectivity index (χ1n) is 10.3. The molecule has 1 aliphatic heterocycles. The zero-order chi connectivity index (χ0) is 22.0. The molecular weight excluding hydrogens is 416 g/mol. The van der Waals surface area contributed by atoms with Gasteiger partial charge >= 0.3 is 0 Å². The Bertz CT molecular complexity index is 1010. The summed E-state index contributed by atoms with van der Waals surface area (Å²) < 4.78 is 5.89. The minimum atomic E-state index is -1.28. The summed E-state index contributed by atoms with van der Waals surface area (Å²) in [5.74, 6) is 0.616. The monoisotopic (exact) mass is 440 g/mol. The molecule has 1 fully saturated rings. The maximum atomic E-state index is 10.5. The van der Waals surface area contributed by atoms with E-state index in [-0.39, 0.29) is 0 Å². The Hall–Kier alpha value is -2.35. The van der Waals surface area contributed by atoms with Gasteiger partial charge in [0.25, 0.3) is 0 Å². The fraction of sp³-hybridized carbons (Fsp3) is 0.333. The van der Waals surface area contributed by atoms with Crippen LogP contribution in [0.1, 0.15) is 36.4 Å². The zero-order valence-electron chi connectivity index (χ0n) is 17.1. The Kier molecular flexibility index (Phi) is 6.65. The molecule has 0 aliphatic carbocycles. The summed E-state index contributed by atoms with van der Waals surface area (Å²) in [4.78, 5) is 8.94. The van der Waals surface area contributed by atoms with Crippen LogP contribution in [0.15, 0.2) is 60.9 Å². The highest BCUT2D eigenvalue weighted by Crippen LogP contribution is 2.35. The van der Waals surface area contributed by atoms with Crippen LogP contribution < -0.4 is 0 Å². The van der Waals surface area contributed by atoms with Crippen molar-refractivity contribution in [3.63, 3.8) is 0 Å². The number of halogens is 1. The molecule has 6 nitrogen and oxygen atoms in total. The standard InChI is InChI=1S/C24H25ClN2O4/c1-2-19-21(28)22(29)23(30)24(31-19)15-8-9-18(25)16(10-15)11-20-26-12-17(13-27-20)14-6-4-3-5-7-14/h3-10,12-13,19,21-24,28-30H,2,11H2,1H3/t19-,21-,22+,23-,24+/m1/s1. The quantitative estimate of drug-likeness (QED) is 0.563. The van der Waals surface area contributed by atoms with Crippen molar-refractivity contribution in [3.05, 3.63) is 82.9 Å². The van der Waals surface area contributed by atoms with Crippen LogP contribution >= 0.6 is 11.6 Å². The maximum absolute atomic E-state index is 10.5. The highest BCUT2D eigenvalue weighted by Gasteiger charge is 2.43. The van der Waals surface area contributed by atoms with Crippen LogP contribution in [0.5, 0.6) is 0 Å². The number of nitrogens with zero attached hydrogens (tertiary/aromatic N) is 2. The van der Waals surface area contributed by atoms with Crippen LogP contribution in [0.4, 0.5) is 0 Å². The number of aliphatic hydroxyl groups excluding tert-OH is 3. The van der Waals surface area contributed by atoms with Crippen molar-refractivity contribution in [2.75, 3.05) is 0 Å². The van der Waals surface area contributed by atoms with E-state index in [2.05, 4.69) is 9.97 Å². The largest absolute Gasteiger partial charge is 0.388 e. The van der Waals surface area contributed by atoms with Gasteiger partial charge in [-0.1, -0.05) is 61.0 Å². The average molecular weight is 441 g/mol. The van der Waals surface area contributed by atoms with Gasteiger partial charge in [0.1, 0.15) is 30.2 Å². The lowest BCUT2D eigenvalue weighted by atomic mass is 9.89. The SMILES string of the molecule is CC[C@H]1O[C@@H](c2ccc(Cl)c(Cc3ncc(-c4ccccc4)cn3)c2)[C@H](O)[C@@H](O)[C@@H]1O. The average Bonchev–Trinajstić information content (AvgIpc) is 2.80. The third-order valence-electron chi connectivity index (χ3n) is 5.67. The molecular formula is C24H25ClN2O4. The molecule has 2 aromatic carbocycles. The summed E-state index contributed by atoms with van der Waals surface area (Å²) >= 11 is 6.41. The van der Waals surface area contributed by atoms with E-state index in [1.54, 1.807) is 24.5 Å². The predicted octanol–water partition coefficient (Wildman–Crippen LogP) is 3.32. The van der Waals surface area contributed by atoms with E-state index in [1.165, 1.54) is 0 Å². The third-order valence-corrected chi connectivity index (χ3v) is 6.04. The highest BCUT2D eigenvalue weighted by molar-refractivity contribution is 6.31. The van der Waals surface area contributed by atoms with E-state index < -0.39 is 30.5 Å². The van der Waals surface area contributed by atoms with Crippen molar-refractivity contribution in [1.29, 1.82) is 0 Å². The molecule has 1 aromatic heterocycles. The van der Waals surface area contributed by atoms with E-state index >= 15 is 0 Å². The van der Waals surface area contributed by atoms with Gasteiger partial charge in [-0.05, 0) is 29.2 Å². The number of benzene rings is 2. The molecule has 2 heterocycles. The molecule has 1 aliphatic rings. The fourth-order valence-corrected chi connectivity index (χ4v) is 4.05. The van der Waals surface area contributed by atoms with Crippen molar-refractivity contribution in [3.8, 4) is 11.1 Å². The van der Waals surface area contributed by atoms with Crippen molar-refractivity contribution in [2.45, 2.75) is 50.3 Å². The first kappa shape index (κ1) is 21.9. The van der Waals surface area contributed by atoms with Gasteiger partial charge in [-0.3, -0.25) is 0 Å². The fourth-order valence-electron chi connectivity index (χ4n) is 3.87. The van der Waals surface area contributed by atoms with Crippen LogP contribution in [0, 0.1) is 0 Å². The number of ether oxygens (including phenoxy) is 1. The van der Waals surface area contributed by atoms with Crippen LogP contribution in [0.25, 0.3) is 11.1 Å². The predicted molar refractivity (Wildman–Crippen MR) is 118 cm³/mol. The van der Waals surface area contributed by atoms with Gasteiger partial charge in [-0.15, -0.1) is 0 Å². The van der Waals surface area contributed by atoms with Crippen LogP contribution in [-0.2, 0) is 11.2 Å². The van der Waals surface area contributed by atoms with Crippen LogP contribution in [-0.4, -0.2) is 49.7 Å². The molecule has 0 spiro atoms. The van der Waals surface area contributed by atoms with Crippen LogP contribution in [0.3, 0.4) is 0 Å². The molecule has 0 radical (unpaired) electrons. The molecule has 7 heteroatoms. The van der Waals surface area contributed by atoms with Gasteiger partial charge in [-0.25, -0.2) is 9.97 Å². The minimum Gasteiger partial charge on any atom is -0.388 e. The highest BCUT2D eigenvalue weighted by atomic mass is 35.5. The van der Waals surface area contributed by atoms with E-state index in [0.29, 0.717) is 29.3 Å². The van der Waals surface area contributed by atoms with E-state index in [9.17, 15) is 15.3 Å². The van der Waals surface area contributed by atoms with Gasteiger partial charge in [-0.2, -0.15) is 0 Å². The van der Waals surface area contributed by atoms with Gasteiger partial charge in [0.2, 0.25) is 0 Å². The minimum absolute atomic E-state index is 0.410. The Balaban J connectivity index is 1.56. The van der Waals surface area contributed by atoms with Gasteiger partial charge < -0.3 is 20.1 Å². The summed E-state index contributed by atoms with van der Waals surface area (Å²) in [7, 11) is 0. The number of aromatic nitrogens is 2. The molecule has 0 unspecified atom stereocenters. The lowest BCUT2D eigenvalue weighted by Gasteiger charge is -2.40. The van der Waals surface area contributed by atoms with E-state index in [1.807, 2.05) is 43.3 Å². The lowest BCUT2D eigenvalue weighted by Crippen LogP contribution is -2.53. The Morgan fingerprint density at radius 1 is 0.903 bits per heavy atom. The lowest BCUT2D eigenvalue weighted by molar-refractivity contribution is -0.225. The second-order valence-corrected chi connectivity index (χ2v) is 8.16. The normalized spacial score (nSPS) is 26.0. The van der Waals surface area contributed by atoms with Crippen molar-refractivity contribution in [2.24, 2.45) is 0 Å². The molecule has 3 aromatic rings. The number of hydrogen-bond acceptors (Lipinski definition) is 6.